The van der Waals surface area contributed by atoms with Gasteiger partial charge in [-0.05, 0) is 98.2 Å². The molecule has 0 aliphatic heterocycles. The van der Waals surface area contributed by atoms with Crippen molar-refractivity contribution >= 4 is 6.09 Å². The van der Waals surface area contributed by atoms with Gasteiger partial charge in [-0.15, -0.1) is 0 Å². The molecule has 8 atom stereocenters. The smallest absolute Gasteiger partial charge is 0.408 e. The molecular weight excluding hydrogens is 462 g/mol. The van der Waals surface area contributed by atoms with Crippen molar-refractivity contribution in [2.24, 2.45) is 46.3 Å². The normalized spacial score (nSPS) is 38.3. The van der Waals surface area contributed by atoms with Crippen molar-refractivity contribution in [3.63, 3.8) is 0 Å². The van der Waals surface area contributed by atoms with Crippen molar-refractivity contribution in [2.75, 3.05) is 13.2 Å². The van der Waals surface area contributed by atoms with Gasteiger partial charge in [0.2, 0.25) is 0 Å². The second-order valence-corrected chi connectivity index (χ2v) is 14.6. The first-order valence-electron chi connectivity index (χ1n) is 15.4. The van der Waals surface area contributed by atoms with Crippen LogP contribution in [0.1, 0.15) is 112 Å². The van der Waals surface area contributed by atoms with Gasteiger partial charge in [0, 0.05) is 6.42 Å². The Labute approximate surface area is 226 Å². The maximum atomic E-state index is 12.5. The first kappa shape index (κ1) is 28.9. The van der Waals surface area contributed by atoms with E-state index in [0.29, 0.717) is 5.41 Å². The monoisotopic (exact) mass is 517 g/mol. The van der Waals surface area contributed by atoms with Crippen molar-refractivity contribution in [1.82, 2.24) is 5.32 Å². The number of carbonyl (C=O) groups excluding carboxylic acids is 1. The molecule has 4 unspecified atom stereocenters. The van der Waals surface area contributed by atoms with E-state index in [0.717, 1.165) is 54.8 Å². The van der Waals surface area contributed by atoms with Crippen LogP contribution in [0.15, 0.2) is 11.6 Å². The molecule has 212 valence electrons. The lowest BCUT2D eigenvalue weighted by atomic mass is 9.47. The average Bonchev–Trinajstić information content (AvgIpc) is 3.21. The molecule has 4 rings (SSSR count). The van der Waals surface area contributed by atoms with E-state index in [9.17, 15) is 15.0 Å². The van der Waals surface area contributed by atoms with Gasteiger partial charge >= 0.3 is 6.09 Å². The molecule has 4 aliphatic carbocycles. The predicted molar refractivity (Wildman–Crippen MR) is 149 cm³/mol. The van der Waals surface area contributed by atoms with Crippen molar-refractivity contribution in [1.29, 1.82) is 0 Å². The summed E-state index contributed by atoms with van der Waals surface area (Å²) in [5.74, 6) is 4.95. The standard InChI is InChI=1S/C32H55NO4/c1-21(2)8-7-9-22(3)26-12-13-27-25-11-10-23-18-24(37-29(36)33-30(4,19-34)20-35)14-16-31(23,5)28(25)15-17-32(26,27)6/h10,21-22,24-28,34-35H,7-9,11-20H2,1-6H3,(H,33,36)/t22-,24?,25?,26-,27?,28?,31+,32-/m1/s1. The maximum Gasteiger partial charge on any atom is 0.408 e. The third-order valence-corrected chi connectivity index (χ3v) is 11.6. The summed E-state index contributed by atoms with van der Waals surface area (Å²) in [5.41, 5.74) is 1.18. The molecule has 0 heterocycles. The number of ether oxygens (including phenoxy) is 1. The Kier molecular flexibility index (Phi) is 8.75. The fraction of sp³-hybridized carbons (Fsp3) is 0.906. The Morgan fingerprint density at radius 3 is 2.49 bits per heavy atom. The number of allylic oxidation sites excluding steroid dienone is 1. The summed E-state index contributed by atoms with van der Waals surface area (Å²) in [5, 5.41) is 21.6. The summed E-state index contributed by atoms with van der Waals surface area (Å²) in [6.07, 6.45) is 15.5. The van der Waals surface area contributed by atoms with Gasteiger partial charge < -0.3 is 20.3 Å². The number of amides is 1. The third kappa shape index (κ3) is 5.64. The van der Waals surface area contributed by atoms with Gasteiger partial charge in [-0.25, -0.2) is 4.79 Å². The van der Waals surface area contributed by atoms with E-state index in [4.69, 9.17) is 4.74 Å². The molecular formula is C32H55NO4. The van der Waals surface area contributed by atoms with Crippen LogP contribution in [0, 0.1) is 46.3 Å². The zero-order valence-corrected chi connectivity index (χ0v) is 24.5. The molecule has 37 heavy (non-hydrogen) atoms. The topological polar surface area (TPSA) is 78.8 Å². The molecule has 3 N–H and O–H groups in total. The Morgan fingerprint density at radius 2 is 1.81 bits per heavy atom. The molecule has 0 aromatic carbocycles. The second-order valence-electron chi connectivity index (χ2n) is 14.6. The Bertz CT molecular complexity index is 835. The van der Waals surface area contributed by atoms with Crippen LogP contribution in [0.4, 0.5) is 4.79 Å². The zero-order valence-electron chi connectivity index (χ0n) is 24.5. The number of hydrogen-bond acceptors (Lipinski definition) is 4. The van der Waals surface area contributed by atoms with Crippen LogP contribution < -0.4 is 5.32 Å². The summed E-state index contributed by atoms with van der Waals surface area (Å²) in [6, 6.07) is 0. The van der Waals surface area contributed by atoms with E-state index in [1.807, 2.05) is 0 Å². The molecule has 5 heteroatoms. The first-order valence-corrected chi connectivity index (χ1v) is 15.4. The Morgan fingerprint density at radius 1 is 1.08 bits per heavy atom. The summed E-state index contributed by atoms with van der Waals surface area (Å²) in [6.45, 7) is 13.4. The van der Waals surface area contributed by atoms with Gasteiger partial charge in [0.15, 0.2) is 0 Å². The van der Waals surface area contributed by atoms with E-state index in [1.54, 1.807) is 6.92 Å². The number of rotatable bonds is 9. The average molecular weight is 518 g/mol. The van der Waals surface area contributed by atoms with Crippen LogP contribution in [-0.2, 0) is 4.74 Å². The minimum Gasteiger partial charge on any atom is -0.446 e. The largest absolute Gasteiger partial charge is 0.446 e. The highest BCUT2D eigenvalue weighted by atomic mass is 16.6. The van der Waals surface area contributed by atoms with Crippen LogP contribution in [0.25, 0.3) is 0 Å². The predicted octanol–water partition coefficient (Wildman–Crippen LogP) is 6.87. The highest BCUT2D eigenvalue weighted by molar-refractivity contribution is 5.68. The SMILES string of the molecule is CC(C)CCC[C@@H](C)[C@H]1CCC2C3CC=C4CC(OC(=O)NC(C)(CO)CO)CC[C@]4(C)C3CC[C@@]21C. The zero-order chi connectivity index (χ0) is 27.0. The Balaban J connectivity index is 1.40. The molecule has 1 amide bonds. The molecule has 3 saturated carbocycles. The first-order chi connectivity index (χ1) is 17.5. The second kappa shape index (κ2) is 11.2. The molecule has 0 aromatic heterocycles. The van der Waals surface area contributed by atoms with Gasteiger partial charge in [0.25, 0.3) is 0 Å². The van der Waals surface area contributed by atoms with E-state index >= 15 is 0 Å². The van der Waals surface area contributed by atoms with Crippen LogP contribution in [0.3, 0.4) is 0 Å². The fourth-order valence-electron chi connectivity index (χ4n) is 9.31. The number of carbonyl (C=O) groups is 1. The molecule has 0 bridgehead atoms. The molecule has 0 radical (unpaired) electrons. The summed E-state index contributed by atoms with van der Waals surface area (Å²) in [4.78, 5) is 12.5. The van der Waals surface area contributed by atoms with Crippen LogP contribution in [-0.4, -0.2) is 41.2 Å². The van der Waals surface area contributed by atoms with Crippen LogP contribution in [0.5, 0.6) is 0 Å². The lowest BCUT2D eigenvalue weighted by Crippen LogP contribution is -2.53. The number of aliphatic hydroxyl groups is 2. The fourth-order valence-corrected chi connectivity index (χ4v) is 9.31. The highest BCUT2D eigenvalue weighted by Gasteiger charge is 2.59. The molecule has 5 nitrogen and oxygen atoms in total. The van der Waals surface area contributed by atoms with Gasteiger partial charge in [0.1, 0.15) is 6.10 Å². The van der Waals surface area contributed by atoms with Crippen molar-refractivity contribution in [2.45, 2.75) is 124 Å². The molecule has 0 aromatic rings. The van der Waals surface area contributed by atoms with Crippen molar-refractivity contribution in [3.05, 3.63) is 11.6 Å². The summed E-state index contributed by atoms with van der Waals surface area (Å²) in [7, 11) is 0. The van der Waals surface area contributed by atoms with Crippen LogP contribution >= 0.6 is 0 Å². The minimum absolute atomic E-state index is 0.131. The van der Waals surface area contributed by atoms with E-state index < -0.39 is 11.6 Å². The lowest BCUT2D eigenvalue weighted by Gasteiger charge is -2.58. The maximum absolute atomic E-state index is 12.5. The quantitative estimate of drug-likeness (QED) is 0.292. The van der Waals surface area contributed by atoms with Crippen molar-refractivity contribution in [3.8, 4) is 0 Å². The molecule has 0 spiro atoms. The van der Waals surface area contributed by atoms with E-state index in [-0.39, 0.29) is 24.7 Å². The third-order valence-electron chi connectivity index (χ3n) is 11.6. The van der Waals surface area contributed by atoms with E-state index in [1.165, 1.54) is 56.9 Å². The molecule has 0 saturated heterocycles. The van der Waals surface area contributed by atoms with Gasteiger partial charge in [-0.2, -0.15) is 0 Å². The number of aliphatic hydroxyl groups excluding tert-OH is 2. The number of fused-ring (bicyclic) bond motifs is 5. The van der Waals surface area contributed by atoms with Gasteiger partial charge in [-0.3, -0.25) is 0 Å². The number of alkyl carbamates (subject to hydrolysis) is 1. The summed E-state index contributed by atoms with van der Waals surface area (Å²) >= 11 is 0. The van der Waals surface area contributed by atoms with Crippen LogP contribution in [0.2, 0.25) is 0 Å². The van der Waals surface area contributed by atoms with E-state index in [2.05, 4.69) is 46.0 Å². The van der Waals surface area contributed by atoms with Gasteiger partial charge in [0.05, 0.1) is 18.8 Å². The number of nitrogens with one attached hydrogen (secondary N) is 1. The molecule has 3 fully saturated rings. The van der Waals surface area contributed by atoms with Gasteiger partial charge in [-0.1, -0.05) is 65.5 Å². The highest BCUT2D eigenvalue weighted by Crippen LogP contribution is 2.67. The lowest BCUT2D eigenvalue weighted by molar-refractivity contribution is -0.0585. The number of hydrogen-bond donors (Lipinski definition) is 3. The summed E-state index contributed by atoms with van der Waals surface area (Å²) < 4.78 is 5.78. The Hall–Kier alpha value is -1.07. The van der Waals surface area contributed by atoms with Crippen molar-refractivity contribution < 1.29 is 19.7 Å². The minimum atomic E-state index is -1.06. The molecule has 4 aliphatic rings.